The van der Waals surface area contributed by atoms with E-state index in [0.29, 0.717) is 30.1 Å². The molecule has 0 spiro atoms. The number of esters is 1. The zero-order valence-corrected chi connectivity index (χ0v) is 24.1. The molecule has 0 bridgehead atoms. The Morgan fingerprint density at radius 2 is 1.85 bits per heavy atom. The smallest absolute Gasteiger partial charge is 0.306 e. The second-order valence-corrected chi connectivity index (χ2v) is 11.0. The number of nitrogens with zero attached hydrogens (tertiary/aromatic N) is 1. The first-order chi connectivity index (χ1) is 19.7. The van der Waals surface area contributed by atoms with Crippen LogP contribution in [-0.4, -0.2) is 30.8 Å². The highest BCUT2D eigenvalue weighted by atomic mass is 19.1. The summed E-state index contributed by atoms with van der Waals surface area (Å²) in [6, 6.07) is 12.1. The summed E-state index contributed by atoms with van der Waals surface area (Å²) < 4.78 is 32.3. The van der Waals surface area contributed by atoms with Gasteiger partial charge in [0.15, 0.2) is 0 Å². The second kappa shape index (κ2) is 12.1. The molecule has 0 amide bonds. The van der Waals surface area contributed by atoms with E-state index >= 15 is 4.39 Å². The number of carbonyl (C=O) groups excluding carboxylic acids is 1. The molecule has 0 N–H and O–H groups in total. The summed E-state index contributed by atoms with van der Waals surface area (Å²) in [6.07, 6.45) is 9.10. The highest BCUT2D eigenvalue weighted by Crippen LogP contribution is 2.40. The Kier molecular flexibility index (Phi) is 8.39. The Morgan fingerprint density at radius 3 is 2.59 bits per heavy atom. The van der Waals surface area contributed by atoms with Gasteiger partial charge in [0.2, 0.25) is 0 Å². The molecule has 0 radical (unpaired) electrons. The number of hydrogen-bond donors (Lipinski definition) is 0. The van der Waals surface area contributed by atoms with Crippen molar-refractivity contribution in [2.75, 3.05) is 13.7 Å². The Balaban J connectivity index is 1.32. The number of carbonyl (C=O) groups is 1. The third-order valence-corrected chi connectivity index (χ3v) is 7.88. The maximum absolute atomic E-state index is 15.4. The fourth-order valence-corrected chi connectivity index (χ4v) is 5.81. The average molecular weight is 554 g/mol. The molecule has 0 saturated carbocycles. The molecule has 3 aromatic rings. The fraction of sp³-hybridized carbons (Fsp3) is 0.314. The first-order valence-corrected chi connectivity index (χ1v) is 14.0. The number of ether oxygens (including phenoxy) is 3. The lowest BCUT2D eigenvalue weighted by atomic mass is 9.89. The van der Waals surface area contributed by atoms with Crippen LogP contribution >= 0.6 is 0 Å². The van der Waals surface area contributed by atoms with Crippen LogP contribution in [0, 0.1) is 20.8 Å². The molecule has 5 nitrogen and oxygen atoms in total. The molecule has 0 unspecified atom stereocenters. The Morgan fingerprint density at radius 1 is 1.07 bits per heavy atom. The molecule has 6 heteroatoms. The number of fused-ring (bicyclic) bond motifs is 1. The number of benzene rings is 2. The van der Waals surface area contributed by atoms with Crippen molar-refractivity contribution in [3.8, 4) is 22.6 Å². The van der Waals surface area contributed by atoms with Crippen molar-refractivity contribution in [1.29, 1.82) is 0 Å². The Hall–Kier alpha value is -4.19. The highest BCUT2D eigenvalue weighted by molar-refractivity contribution is 5.77. The molecule has 41 heavy (non-hydrogen) atoms. The number of aromatic nitrogens is 1. The van der Waals surface area contributed by atoms with E-state index in [-0.39, 0.29) is 24.1 Å². The van der Waals surface area contributed by atoms with Gasteiger partial charge in [-0.05, 0) is 91.6 Å². The van der Waals surface area contributed by atoms with Crippen LogP contribution in [-0.2, 0) is 9.53 Å². The molecular weight excluding hydrogens is 517 g/mol. The minimum atomic E-state index is -0.511. The van der Waals surface area contributed by atoms with Crippen molar-refractivity contribution in [2.24, 2.45) is 0 Å². The zero-order valence-electron chi connectivity index (χ0n) is 24.1. The van der Waals surface area contributed by atoms with Crippen LogP contribution < -0.4 is 9.47 Å². The molecule has 212 valence electrons. The fourth-order valence-electron chi connectivity index (χ4n) is 5.81. The van der Waals surface area contributed by atoms with Crippen molar-refractivity contribution in [1.82, 2.24) is 4.98 Å². The van der Waals surface area contributed by atoms with Gasteiger partial charge in [0, 0.05) is 41.1 Å². The molecule has 2 atom stereocenters. The summed E-state index contributed by atoms with van der Waals surface area (Å²) in [5, 5.41) is 0. The van der Waals surface area contributed by atoms with Gasteiger partial charge in [-0.25, -0.2) is 4.39 Å². The summed E-state index contributed by atoms with van der Waals surface area (Å²) >= 11 is 0. The molecule has 0 saturated heterocycles. The minimum Gasteiger partial charge on any atom is -0.492 e. The maximum Gasteiger partial charge on any atom is 0.306 e. The summed E-state index contributed by atoms with van der Waals surface area (Å²) in [5.41, 5.74) is 9.16. The quantitative estimate of drug-likeness (QED) is 0.289. The van der Waals surface area contributed by atoms with Crippen molar-refractivity contribution < 1.29 is 23.4 Å². The summed E-state index contributed by atoms with van der Waals surface area (Å²) in [5.74, 6) is 0.560. The van der Waals surface area contributed by atoms with E-state index in [0.717, 1.165) is 57.4 Å². The van der Waals surface area contributed by atoms with Gasteiger partial charge >= 0.3 is 5.97 Å². The van der Waals surface area contributed by atoms with Gasteiger partial charge in [-0.2, -0.15) is 0 Å². The van der Waals surface area contributed by atoms with E-state index in [1.807, 2.05) is 43.6 Å². The van der Waals surface area contributed by atoms with Crippen LogP contribution in [0.4, 0.5) is 4.39 Å². The molecule has 5 rings (SSSR count). The Bertz CT molecular complexity index is 1530. The van der Waals surface area contributed by atoms with E-state index < -0.39 is 6.10 Å². The lowest BCUT2D eigenvalue weighted by Crippen LogP contribution is -2.19. The highest BCUT2D eigenvalue weighted by Gasteiger charge is 2.28. The SMILES string of the molecule is C=C1/C(F)=C\C=C(\c2c(C)cc(-c3cncc(C)c3)cc2C)CCC[C@H]1Oc1ccc2c(c1)OC[C@H]2CC(=O)OC. The molecule has 0 fully saturated rings. The minimum absolute atomic E-state index is 0.0503. The lowest BCUT2D eigenvalue weighted by molar-refractivity contribution is -0.141. The normalized spacial score (nSPS) is 21.2. The number of hydrogen-bond acceptors (Lipinski definition) is 5. The van der Waals surface area contributed by atoms with E-state index in [4.69, 9.17) is 14.2 Å². The predicted molar refractivity (Wildman–Crippen MR) is 160 cm³/mol. The monoisotopic (exact) mass is 553 g/mol. The summed E-state index contributed by atoms with van der Waals surface area (Å²) in [7, 11) is 1.38. The van der Waals surface area contributed by atoms with Crippen LogP contribution in [0.15, 0.2) is 78.9 Å². The van der Waals surface area contributed by atoms with Gasteiger partial charge in [0.25, 0.3) is 0 Å². The molecule has 1 aromatic heterocycles. The Labute approximate surface area is 241 Å². The topological polar surface area (TPSA) is 57.7 Å². The predicted octanol–water partition coefficient (Wildman–Crippen LogP) is 8.14. The molecule has 2 aliphatic rings. The van der Waals surface area contributed by atoms with Crippen LogP contribution in [0.1, 0.15) is 59.4 Å². The van der Waals surface area contributed by atoms with Crippen molar-refractivity contribution in [3.05, 3.63) is 107 Å². The van der Waals surface area contributed by atoms with Gasteiger partial charge < -0.3 is 14.2 Å². The van der Waals surface area contributed by atoms with E-state index in [1.165, 1.54) is 13.2 Å². The van der Waals surface area contributed by atoms with Crippen molar-refractivity contribution in [2.45, 2.75) is 58.5 Å². The molecule has 1 aliphatic heterocycles. The number of methoxy groups -OCH3 is 1. The molecular formula is C35H36FNO4. The van der Waals surface area contributed by atoms with Gasteiger partial charge in [0.05, 0.1) is 20.1 Å². The van der Waals surface area contributed by atoms with E-state index in [9.17, 15) is 4.79 Å². The van der Waals surface area contributed by atoms with Crippen LogP contribution in [0.2, 0.25) is 0 Å². The number of aryl methyl sites for hydroxylation is 3. The van der Waals surface area contributed by atoms with Crippen molar-refractivity contribution >= 4 is 11.5 Å². The number of pyridine rings is 1. The van der Waals surface area contributed by atoms with Crippen LogP contribution in [0.5, 0.6) is 11.5 Å². The first kappa shape index (κ1) is 28.3. The van der Waals surface area contributed by atoms with E-state index in [1.54, 1.807) is 0 Å². The van der Waals surface area contributed by atoms with E-state index in [2.05, 4.69) is 43.6 Å². The first-order valence-electron chi connectivity index (χ1n) is 14.0. The summed E-state index contributed by atoms with van der Waals surface area (Å²) in [6.45, 7) is 10.7. The molecule has 1 aliphatic carbocycles. The second-order valence-electron chi connectivity index (χ2n) is 11.0. The van der Waals surface area contributed by atoms with Gasteiger partial charge in [-0.1, -0.05) is 30.9 Å². The van der Waals surface area contributed by atoms with Crippen LogP contribution in [0.25, 0.3) is 16.7 Å². The van der Waals surface area contributed by atoms with Crippen LogP contribution in [0.3, 0.4) is 0 Å². The number of rotatable bonds is 6. The van der Waals surface area contributed by atoms with Gasteiger partial charge in [0.1, 0.15) is 23.4 Å². The lowest BCUT2D eigenvalue weighted by Gasteiger charge is -2.21. The van der Waals surface area contributed by atoms with Gasteiger partial charge in [-0.15, -0.1) is 0 Å². The van der Waals surface area contributed by atoms with Gasteiger partial charge in [-0.3, -0.25) is 9.78 Å². The third kappa shape index (κ3) is 6.27. The van der Waals surface area contributed by atoms with Crippen molar-refractivity contribution in [3.63, 3.8) is 0 Å². The number of halogens is 1. The molecule has 2 heterocycles. The standard InChI is InChI=1S/C35H36FNO4/c1-21-13-27(19-37-18-21)26-14-22(2)35(23(3)15-26)25-7-6-8-32(24(4)31(36)12-9-25)41-29-10-11-30-28(16-34(38)39-5)20-40-33(30)17-29/h9-15,17-19,28,32H,4,6-8,16,20H2,1-3,5H3/b25-9+,31-12+/t28-,32-/m1/s1. The summed E-state index contributed by atoms with van der Waals surface area (Å²) in [4.78, 5) is 16.1. The molecule has 2 aromatic carbocycles. The average Bonchev–Trinajstić information content (AvgIpc) is 3.36. The maximum atomic E-state index is 15.4. The zero-order chi connectivity index (χ0) is 29.1. The largest absolute Gasteiger partial charge is 0.492 e. The third-order valence-electron chi connectivity index (χ3n) is 7.88. The number of allylic oxidation sites excluding steroid dienone is 3.